The van der Waals surface area contributed by atoms with E-state index in [0.717, 1.165) is 10.9 Å². The molecule has 1 fully saturated rings. The number of fused-ring (bicyclic) bond motifs is 1. The maximum atomic E-state index is 12.3. The third kappa shape index (κ3) is 2.59. The number of H-pyrrole nitrogens is 1. The standard InChI is InChI=1S/C14H15N3O4/c1-14(21-6-12(18)19)7-17(8-14)13(20)9-2-3-11-10(4-9)5-15-16-11/h2-5H,6-8H2,1H3,(H,15,16)(H,18,19). The van der Waals surface area contributed by atoms with Gasteiger partial charge in [0.1, 0.15) is 12.2 Å². The van der Waals surface area contributed by atoms with Crippen LogP contribution in [0.4, 0.5) is 0 Å². The number of aliphatic carboxylic acids is 1. The van der Waals surface area contributed by atoms with Gasteiger partial charge in [0.15, 0.2) is 0 Å². The molecule has 7 nitrogen and oxygen atoms in total. The van der Waals surface area contributed by atoms with Gasteiger partial charge in [-0.2, -0.15) is 5.10 Å². The fourth-order valence-electron chi connectivity index (χ4n) is 2.49. The zero-order valence-electron chi connectivity index (χ0n) is 11.5. The minimum atomic E-state index is -1.01. The molecular weight excluding hydrogens is 274 g/mol. The topological polar surface area (TPSA) is 95.5 Å². The first kappa shape index (κ1) is 13.6. The van der Waals surface area contributed by atoms with Crippen molar-refractivity contribution in [3.8, 4) is 0 Å². The van der Waals surface area contributed by atoms with Crippen molar-refractivity contribution >= 4 is 22.8 Å². The SMILES string of the molecule is CC1(OCC(=O)O)CN(C(=O)c2ccc3[nH]ncc3c2)C1. The van der Waals surface area contributed by atoms with Gasteiger partial charge in [-0.3, -0.25) is 9.89 Å². The molecule has 0 spiro atoms. The first-order valence-corrected chi connectivity index (χ1v) is 6.55. The summed E-state index contributed by atoms with van der Waals surface area (Å²) in [5.41, 5.74) is 0.891. The summed E-state index contributed by atoms with van der Waals surface area (Å²) in [5, 5.41) is 16.2. The summed E-state index contributed by atoms with van der Waals surface area (Å²) in [5.74, 6) is -1.10. The molecule has 3 rings (SSSR count). The van der Waals surface area contributed by atoms with Crippen LogP contribution in [0.1, 0.15) is 17.3 Å². The van der Waals surface area contributed by atoms with Crippen LogP contribution >= 0.6 is 0 Å². The largest absolute Gasteiger partial charge is 0.480 e. The Morgan fingerprint density at radius 3 is 2.95 bits per heavy atom. The summed E-state index contributed by atoms with van der Waals surface area (Å²) >= 11 is 0. The van der Waals surface area contributed by atoms with Crippen molar-refractivity contribution in [2.75, 3.05) is 19.7 Å². The number of amides is 1. The van der Waals surface area contributed by atoms with Crippen LogP contribution in [0.25, 0.3) is 10.9 Å². The maximum absolute atomic E-state index is 12.3. The normalized spacial score (nSPS) is 16.7. The Kier molecular flexibility index (Phi) is 3.13. The molecule has 1 aromatic heterocycles. The van der Waals surface area contributed by atoms with E-state index in [-0.39, 0.29) is 12.5 Å². The molecular formula is C14H15N3O4. The van der Waals surface area contributed by atoms with E-state index in [0.29, 0.717) is 18.7 Å². The molecule has 2 N–H and O–H groups in total. The van der Waals surface area contributed by atoms with E-state index in [9.17, 15) is 9.59 Å². The Morgan fingerprint density at radius 1 is 1.48 bits per heavy atom. The van der Waals surface area contributed by atoms with Crippen molar-refractivity contribution in [2.24, 2.45) is 0 Å². The second-order valence-corrected chi connectivity index (χ2v) is 5.47. The minimum absolute atomic E-state index is 0.0884. The van der Waals surface area contributed by atoms with Crippen LogP contribution in [0, 0.1) is 0 Å². The number of aromatic amines is 1. The minimum Gasteiger partial charge on any atom is -0.480 e. The molecule has 21 heavy (non-hydrogen) atoms. The van der Waals surface area contributed by atoms with Gasteiger partial charge in [0.05, 0.1) is 24.8 Å². The molecule has 0 radical (unpaired) electrons. The zero-order chi connectivity index (χ0) is 15.0. The highest BCUT2D eigenvalue weighted by atomic mass is 16.5. The second kappa shape index (κ2) is 4.85. The average molecular weight is 289 g/mol. The predicted octanol–water partition coefficient (Wildman–Crippen LogP) is 0.879. The van der Waals surface area contributed by atoms with Gasteiger partial charge in [0, 0.05) is 10.9 Å². The number of carboxylic acid groups (broad SMARTS) is 1. The van der Waals surface area contributed by atoms with Gasteiger partial charge in [0.2, 0.25) is 0 Å². The van der Waals surface area contributed by atoms with E-state index in [2.05, 4.69) is 10.2 Å². The number of carbonyl (C=O) groups excluding carboxylic acids is 1. The van der Waals surface area contributed by atoms with Crippen molar-refractivity contribution in [1.82, 2.24) is 15.1 Å². The van der Waals surface area contributed by atoms with Crippen molar-refractivity contribution < 1.29 is 19.4 Å². The number of hydrogen-bond donors (Lipinski definition) is 2. The number of nitrogens with one attached hydrogen (secondary N) is 1. The summed E-state index contributed by atoms with van der Waals surface area (Å²) in [4.78, 5) is 24.5. The Morgan fingerprint density at radius 2 is 2.24 bits per heavy atom. The molecule has 0 unspecified atom stereocenters. The highest BCUT2D eigenvalue weighted by Gasteiger charge is 2.42. The van der Waals surface area contributed by atoms with Crippen LogP contribution in [-0.4, -0.2) is 57.4 Å². The molecule has 1 aliphatic heterocycles. The lowest BCUT2D eigenvalue weighted by Gasteiger charge is -2.47. The summed E-state index contributed by atoms with van der Waals surface area (Å²) in [6.07, 6.45) is 1.67. The lowest BCUT2D eigenvalue weighted by molar-refractivity contribution is -0.159. The van der Waals surface area contributed by atoms with Crippen LogP contribution in [0.3, 0.4) is 0 Å². The molecule has 2 heterocycles. The second-order valence-electron chi connectivity index (χ2n) is 5.47. The van der Waals surface area contributed by atoms with Gasteiger partial charge in [0.25, 0.3) is 5.91 Å². The summed E-state index contributed by atoms with van der Waals surface area (Å²) in [7, 11) is 0. The molecule has 0 aliphatic carbocycles. The number of nitrogens with zero attached hydrogens (tertiary/aromatic N) is 2. The van der Waals surface area contributed by atoms with Crippen LogP contribution in [-0.2, 0) is 9.53 Å². The number of benzene rings is 1. The molecule has 0 saturated carbocycles. The number of aromatic nitrogens is 2. The number of carbonyl (C=O) groups is 2. The molecule has 1 aromatic carbocycles. The van der Waals surface area contributed by atoms with Gasteiger partial charge < -0.3 is 14.7 Å². The van der Waals surface area contributed by atoms with E-state index < -0.39 is 11.6 Å². The highest BCUT2D eigenvalue weighted by molar-refractivity contribution is 5.98. The number of likely N-dealkylation sites (tertiary alicyclic amines) is 1. The number of rotatable bonds is 4. The van der Waals surface area contributed by atoms with Crippen LogP contribution in [0.5, 0.6) is 0 Å². The Bertz CT molecular complexity index is 703. The smallest absolute Gasteiger partial charge is 0.329 e. The quantitative estimate of drug-likeness (QED) is 0.871. The van der Waals surface area contributed by atoms with Gasteiger partial charge in [-0.15, -0.1) is 0 Å². The molecule has 110 valence electrons. The summed E-state index contributed by atoms with van der Waals surface area (Å²) in [6.45, 7) is 2.24. The van der Waals surface area contributed by atoms with Gasteiger partial charge in [-0.1, -0.05) is 0 Å². The lowest BCUT2D eigenvalue weighted by atomic mass is 9.95. The fourth-order valence-corrected chi connectivity index (χ4v) is 2.49. The van der Waals surface area contributed by atoms with Crippen molar-refractivity contribution in [2.45, 2.75) is 12.5 Å². The number of carboxylic acids is 1. The monoisotopic (exact) mass is 289 g/mol. The van der Waals surface area contributed by atoms with Crippen LogP contribution < -0.4 is 0 Å². The van der Waals surface area contributed by atoms with Crippen LogP contribution in [0.15, 0.2) is 24.4 Å². The first-order valence-electron chi connectivity index (χ1n) is 6.55. The predicted molar refractivity (Wildman–Crippen MR) is 74.0 cm³/mol. The summed E-state index contributed by atoms with van der Waals surface area (Å²) < 4.78 is 5.29. The molecule has 1 saturated heterocycles. The Labute approximate surface area is 120 Å². The third-order valence-corrected chi connectivity index (χ3v) is 3.57. The Hall–Kier alpha value is -2.41. The Balaban J connectivity index is 1.66. The van der Waals surface area contributed by atoms with Gasteiger partial charge in [-0.25, -0.2) is 4.79 Å². The lowest BCUT2D eigenvalue weighted by Crippen LogP contribution is -2.63. The van der Waals surface area contributed by atoms with Crippen LogP contribution in [0.2, 0.25) is 0 Å². The van der Waals surface area contributed by atoms with Gasteiger partial charge >= 0.3 is 5.97 Å². The highest BCUT2D eigenvalue weighted by Crippen LogP contribution is 2.27. The van der Waals surface area contributed by atoms with Crippen molar-refractivity contribution in [3.05, 3.63) is 30.0 Å². The number of ether oxygens (including phenoxy) is 1. The number of hydrogen-bond acceptors (Lipinski definition) is 4. The molecule has 0 bridgehead atoms. The van der Waals surface area contributed by atoms with Crippen molar-refractivity contribution in [3.63, 3.8) is 0 Å². The fraction of sp³-hybridized carbons (Fsp3) is 0.357. The third-order valence-electron chi connectivity index (χ3n) is 3.57. The summed E-state index contributed by atoms with van der Waals surface area (Å²) in [6, 6.07) is 5.35. The van der Waals surface area contributed by atoms with Gasteiger partial charge in [-0.05, 0) is 25.1 Å². The van der Waals surface area contributed by atoms with E-state index in [1.807, 2.05) is 6.07 Å². The molecule has 1 aliphatic rings. The average Bonchev–Trinajstić information content (AvgIpc) is 2.88. The van der Waals surface area contributed by atoms with E-state index >= 15 is 0 Å². The molecule has 1 amide bonds. The zero-order valence-corrected chi connectivity index (χ0v) is 11.5. The van der Waals surface area contributed by atoms with E-state index in [1.165, 1.54) is 0 Å². The van der Waals surface area contributed by atoms with Crippen molar-refractivity contribution in [1.29, 1.82) is 0 Å². The molecule has 2 aromatic rings. The molecule has 0 atom stereocenters. The maximum Gasteiger partial charge on any atom is 0.329 e. The van der Waals surface area contributed by atoms with E-state index in [1.54, 1.807) is 30.2 Å². The van der Waals surface area contributed by atoms with E-state index in [4.69, 9.17) is 9.84 Å². The molecule has 7 heteroatoms. The first-order chi connectivity index (χ1) is 9.97.